The lowest BCUT2D eigenvalue weighted by atomic mass is 10.2. The number of carbonyl (C=O) groups excluding carboxylic acids is 2. The van der Waals surface area contributed by atoms with E-state index in [4.69, 9.17) is 16.6 Å². The molecule has 1 aromatic carbocycles. The lowest BCUT2D eigenvalue weighted by molar-refractivity contribution is 0.0946. The number of furan rings is 1. The molecule has 0 atom stereocenters. The molecule has 0 bridgehead atoms. The minimum absolute atomic E-state index is 0.193. The number of benzene rings is 1. The van der Waals surface area contributed by atoms with Crippen LogP contribution in [0.1, 0.15) is 25.8 Å². The van der Waals surface area contributed by atoms with Gasteiger partial charge in [0.25, 0.3) is 11.8 Å². The predicted molar refractivity (Wildman–Crippen MR) is 104 cm³/mol. The second-order valence-electron chi connectivity index (χ2n) is 5.22. The second kappa shape index (κ2) is 8.41. The van der Waals surface area contributed by atoms with Gasteiger partial charge in [-0.15, -0.1) is 11.3 Å². The molecule has 2 amide bonds. The molecule has 0 radical (unpaired) electrons. The summed E-state index contributed by atoms with van der Waals surface area (Å²) in [7, 11) is 0. The fourth-order valence-electron chi connectivity index (χ4n) is 2.12. The third-order valence-corrected chi connectivity index (χ3v) is 4.45. The van der Waals surface area contributed by atoms with Crippen molar-refractivity contribution in [3.05, 3.63) is 76.4 Å². The van der Waals surface area contributed by atoms with Gasteiger partial charge in [0.15, 0.2) is 5.11 Å². The van der Waals surface area contributed by atoms with Crippen molar-refractivity contribution >= 4 is 46.2 Å². The van der Waals surface area contributed by atoms with Crippen molar-refractivity contribution in [3.8, 4) is 0 Å². The molecule has 0 unspecified atom stereocenters. The average molecular weight is 385 g/mol. The fraction of sp³-hybridized carbons (Fsp3) is 0.0556. The first-order valence-electron chi connectivity index (χ1n) is 7.68. The Bertz CT molecular complexity index is 888. The number of hydrogen-bond donors (Lipinski definition) is 3. The highest BCUT2D eigenvalue weighted by Crippen LogP contribution is 2.11. The Hall–Kier alpha value is -2.97. The van der Waals surface area contributed by atoms with Crippen LogP contribution in [0.15, 0.2) is 64.6 Å². The van der Waals surface area contributed by atoms with Gasteiger partial charge in [0.2, 0.25) is 0 Å². The molecular formula is C18H15N3O3S2. The topological polar surface area (TPSA) is 83.4 Å². The van der Waals surface area contributed by atoms with Crippen LogP contribution >= 0.6 is 23.6 Å². The zero-order valence-electron chi connectivity index (χ0n) is 13.5. The molecule has 132 valence electrons. The van der Waals surface area contributed by atoms with Gasteiger partial charge in [0.1, 0.15) is 5.76 Å². The molecule has 6 nitrogen and oxygen atoms in total. The van der Waals surface area contributed by atoms with Crippen molar-refractivity contribution in [2.24, 2.45) is 0 Å². The summed E-state index contributed by atoms with van der Waals surface area (Å²) in [6.07, 6.45) is 1.56. The van der Waals surface area contributed by atoms with Crippen LogP contribution in [0.3, 0.4) is 0 Å². The molecule has 3 aromatic rings. The summed E-state index contributed by atoms with van der Waals surface area (Å²) >= 11 is 6.47. The van der Waals surface area contributed by atoms with E-state index in [1.807, 2.05) is 5.38 Å². The van der Waals surface area contributed by atoms with Crippen molar-refractivity contribution in [1.29, 1.82) is 0 Å². The van der Waals surface area contributed by atoms with Gasteiger partial charge in [-0.05, 0) is 60.1 Å². The second-order valence-corrected chi connectivity index (χ2v) is 6.58. The first-order valence-corrected chi connectivity index (χ1v) is 8.97. The van der Waals surface area contributed by atoms with E-state index in [0.717, 1.165) is 0 Å². The number of amides is 2. The number of thiophene rings is 1. The summed E-state index contributed by atoms with van der Waals surface area (Å²) in [5.74, 6) is 0.219. The van der Waals surface area contributed by atoms with Gasteiger partial charge >= 0.3 is 0 Å². The smallest absolute Gasteiger partial charge is 0.267 e. The van der Waals surface area contributed by atoms with Crippen LogP contribution in [0, 0.1) is 0 Å². The molecule has 0 saturated heterocycles. The molecule has 0 aliphatic rings. The third-order valence-electron chi connectivity index (χ3n) is 3.38. The molecule has 0 spiro atoms. The van der Waals surface area contributed by atoms with E-state index >= 15 is 0 Å². The largest absolute Gasteiger partial charge is 0.467 e. The summed E-state index contributed by atoms with van der Waals surface area (Å²) in [4.78, 5) is 24.6. The molecule has 0 aliphatic heterocycles. The first kappa shape index (κ1) is 17.8. The first-order chi connectivity index (χ1) is 12.6. The number of carbonyl (C=O) groups is 2. The zero-order valence-corrected chi connectivity index (χ0v) is 15.2. The van der Waals surface area contributed by atoms with Gasteiger partial charge in [-0.3, -0.25) is 14.9 Å². The van der Waals surface area contributed by atoms with Gasteiger partial charge in [-0.25, -0.2) is 0 Å². The van der Waals surface area contributed by atoms with E-state index in [1.165, 1.54) is 11.3 Å². The predicted octanol–water partition coefficient (Wildman–Crippen LogP) is 3.40. The monoisotopic (exact) mass is 385 g/mol. The van der Waals surface area contributed by atoms with Crippen molar-refractivity contribution in [1.82, 2.24) is 10.6 Å². The summed E-state index contributed by atoms with van der Waals surface area (Å²) in [5.41, 5.74) is 1.18. The normalized spacial score (nSPS) is 10.2. The zero-order chi connectivity index (χ0) is 18.4. The Balaban J connectivity index is 1.51. The van der Waals surface area contributed by atoms with Gasteiger partial charge in [0.05, 0.1) is 17.7 Å². The Morgan fingerprint density at radius 3 is 2.50 bits per heavy atom. The highest BCUT2D eigenvalue weighted by molar-refractivity contribution is 7.80. The number of thiocarbonyl (C=S) groups is 1. The van der Waals surface area contributed by atoms with Crippen molar-refractivity contribution < 1.29 is 14.0 Å². The lowest BCUT2D eigenvalue weighted by Crippen LogP contribution is -2.33. The van der Waals surface area contributed by atoms with E-state index in [-0.39, 0.29) is 16.9 Å². The molecule has 0 aliphatic carbocycles. The molecule has 8 heteroatoms. The number of nitrogens with one attached hydrogen (secondary N) is 3. The highest BCUT2D eigenvalue weighted by atomic mass is 32.1. The van der Waals surface area contributed by atoms with Crippen molar-refractivity contribution in [3.63, 3.8) is 0 Å². The van der Waals surface area contributed by atoms with Crippen molar-refractivity contribution in [2.45, 2.75) is 6.54 Å². The van der Waals surface area contributed by atoms with Gasteiger partial charge < -0.3 is 15.1 Å². The third kappa shape index (κ3) is 4.78. The molecular weight excluding hydrogens is 370 g/mol. The number of rotatable bonds is 5. The Kier molecular flexibility index (Phi) is 5.77. The fourth-order valence-corrected chi connectivity index (χ4v) is 2.95. The van der Waals surface area contributed by atoms with E-state index in [1.54, 1.807) is 54.8 Å². The SMILES string of the molecule is O=C(NCc1ccco1)c1ccc(NC(=S)NC(=O)c2cccs2)cc1. The van der Waals surface area contributed by atoms with Crippen molar-refractivity contribution in [2.75, 3.05) is 5.32 Å². The van der Waals surface area contributed by atoms with E-state index in [9.17, 15) is 9.59 Å². The van der Waals surface area contributed by atoms with Crippen LogP contribution < -0.4 is 16.0 Å². The molecule has 3 rings (SSSR count). The maximum Gasteiger partial charge on any atom is 0.267 e. The van der Waals surface area contributed by atoms with Gasteiger partial charge in [-0.1, -0.05) is 6.07 Å². The number of hydrogen-bond acceptors (Lipinski definition) is 5. The van der Waals surface area contributed by atoms with Gasteiger partial charge in [-0.2, -0.15) is 0 Å². The Morgan fingerprint density at radius 2 is 1.85 bits per heavy atom. The van der Waals surface area contributed by atoms with E-state index in [2.05, 4.69) is 16.0 Å². The van der Waals surface area contributed by atoms with Crippen LogP contribution in [0.4, 0.5) is 5.69 Å². The molecule has 0 saturated carbocycles. The van der Waals surface area contributed by atoms with Crippen LogP contribution in [0.25, 0.3) is 0 Å². The van der Waals surface area contributed by atoms with Gasteiger partial charge in [0, 0.05) is 11.3 Å². The number of anilines is 1. The Morgan fingerprint density at radius 1 is 1.04 bits per heavy atom. The van der Waals surface area contributed by atoms with E-state index < -0.39 is 0 Å². The maximum atomic E-state index is 12.1. The highest BCUT2D eigenvalue weighted by Gasteiger charge is 2.10. The molecule has 3 N–H and O–H groups in total. The molecule has 0 fully saturated rings. The van der Waals surface area contributed by atoms with Crippen LogP contribution in [0.2, 0.25) is 0 Å². The quantitative estimate of drug-likeness (QED) is 0.587. The van der Waals surface area contributed by atoms with Crippen LogP contribution in [0.5, 0.6) is 0 Å². The Labute approximate surface area is 159 Å². The van der Waals surface area contributed by atoms with Crippen LogP contribution in [-0.2, 0) is 6.54 Å². The lowest BCUT2D eigenvalue weighted by Gasteiger charge is -2.09. The standard InChI is InChI=1S/C18H15N3O3S2/c22-16(19-11-14-3-1-9-24-14)12-5-7-13(8-6-12)20-18(25)21-17(23)15-4-2-10-26-15/h1-10H,11H2,(H,19,22)(H2,20,21,23,25). The summed E-state index contributed by atoms with van der Waals surface area (Å²) in [5, 5.41) is 10.3. The maximum absolute atomic E-state index is 12.1. The summed E-state index contributed by atoms with van der Waals surface area (Å²) in [6, 6.07) is 13.8. The summed E-state index contributed by atoms with van der Waals surface area (Å²) < 4.78 is 5.17. The molecule has 2 aromatic heterocycles. The minimum Gasteiger partial charge on any atom is -0.467 e. The molecule has 26 heavy (non-hydrogen) atoms. The molecule has 2 heterocycles. The summed E-state index contributed by atoms with van der Waals surface area (Å²) in [6.45, 7) is 0.324. The van der Waals surface area contributed by atoms with E-state index in [0.29, 0.717) is 28.4 Å². The average Bonchev–Trinajstić information content (AvgIpc) is 3.34. The minimum atomic E-state index is -0.258. The van der Waals surface area contributed by atoms with Crippen LogP contribution in [-0.4, -0.2) is 16.9 Å².